The molecule has 1 fully saturated rings. The maximum Gasteiger partial charge on any atom is 0.230 e. The maximum atomic E-state index is 10.9. The Morgan fingerprint density at radius 2 is 2.08 bits per heavy atom. The fourth-order valence-electron chi connectivity index (χ4n) is 3.35. The molecule has 1 saturated heterocycles. The van der Waals surface area contributed by atoms with Gasteiger partial charge in [0.2, 0.25) is 10.8 Å². The first kappa shape index (κ1) is 17.3. The number of aromatic nitrogens is 3. The summed E-state index contributed by atoms with van der Waals surface area (Å²) < 4.78 is 12.7. The molecule has 1 aromatic carbocycles. The van der Waals surface area contributed by atoms with E-state index < -0.39 is 0 Å². The van der Waals surface area contributed by atoms with Crippen LogP contribution in [0.4, 0.5) is 0 Å². The van der Waals surface area contributed by atoms with Gasteiger partial charge in [-0.3, -0.25) is 4.90 Å². The van der Waals surface area contributed by atoms with Gasteiger partial charge in [0.05, 0.1) is 31.2 Å². The lowest BCUT2D eigenvalue weighted by molar-refractivity contribution is 0.0237. The molecule has 8 heteroatoms. The number of morpholine rings is 1. The molecule has 0 radical (unpaired) electrons. The number of hydrogen-bond donors (Lipinski definition) is 1. The molecule has 138 valence electrons. The second-order valence-electron chi connectivity index (χ2n) is 6.16. The first-order valence-corrected chi connectivity index (χ1v) is 9.56. The molecule has 7 nitrogen and oxygen atoms in total. The van der Waals surface area contributed by atoms with Crippen molar-refractivity contribution in [2.24, 2.45) is 0 Å². The molecule has 0 spiro atoms. The molecule has 1 aliphatic heterocycles. The molecule has 0 amide bonds. The van der Waals surface area contributed by atoms with Gasteiger partial charge in [0.25, 0.3) is 0 Å². The van der Waals surface area contributed by atoms with E-state index in [-0.39, 0.29) is 11.9 Å². The average molecular weight is 374 g/mol. The summed E-state index contributed by atoms with van der Waals surface area (Å²) in [5, 5.41) is 15.3. The third kappa shape index (κ3) is 2.94. The largest absolute Gasteiger partial charge is 0.496 e. The summed E-state index contributed by atoms with van der Waals surface area (Å²) in [6.07, 6.45) is 0.739. The molecule has 2 aromatic heterocycles. The Balaban J connectivity index is 1.85. The van der Waals surface area contributed by atoms with Crippen molar-refractivity contribution in [3.8, 4) is 11.6 Å². The number of fused-ring (bicyclic) bond motifs is 1. The van der Waals surface area contributed by atoms with Crippen molar-refractivity contribution in [3.05, 3.63) is 40.5 Å². The molecular weight excluding hydrogens is 352 g/mol. The Bertz CT molecular complexity index is 901. The van der Waals surface area contributed by atoms with E-state index in [0.717, 1.165) is 41.5 Å². The van der Waals surface area contributed by atoms with E-state index in [2.05, 4.69) is 15.0 Å². The highest BCUT2D eigenvalue weighted by Gasteiger charge is 2.32. The number of rotatable bonds is 5. The Kier molecular flexibility index (Phi) is 4.80. The van der Waals surface area contributed by atoms with Crippen LogP contribution in [0.2, 0.25) is 0 Å². The predicted molar refractivity (Wildman–Crippen MR) is 99.1 cm³/mol. The Morgan fingerprint density at radius 3 is 2.77 bits per heavy atom. The van der Waals surface area contributed by atoms with Gasteiger partial charge in [-0.2, -0.15) is 4.52 Å². The van der Waals surface area contributed by atoms with Crippen molar-refractivity contribution < 1.29 is 14.6 Å². The number of benzene rings is 1. The van der Waals surface area contributed by atoms with Crippen molar-refractivity contribution in [2.75, 3.05) is 33.4 Å². The zero-order valence-corrected chi connectivity index (χ0v) is 15.7. The van der Waals surface area contributed by atoms with Crippen LogP contribution in [0, 0.1) is 0 Å². The number of ether oxygens (including phenoxy) is 2. The third-order valence-electron chi connectivity index (χ3n) is 4.65. The van der Waals surface area contributed by atoms with Crippen molar-refractivity contribution in [1.29, 1.82) is 0 Å². The van der Waals surface area contributed by atoms with Crippen LogP contribution >= 0.6 is 11.3 Å². The number of para-hydroxylation sites is 1. The summed E-state index contributed by atoms with van der Waals surface area (Å²) in [7, 11) is 1.67. The van der Waals surface area contributed by atoms with Crippen LogP contribution in [-0.2, 0) is 11.2 Å². The van der Waals surface area contributed by atoms with Gasteiger partial charge < -0.3 is 14.6 Å². The number of hydrogen-bond acceptors (Lipinski definition) is 7. The van der Waals surface area contributed by atoms with Gasteiger partial charge in [0.1, 0.15) is 5.75 Å². The van der Waals surface area contributed by atoms with Crippen LogP contribution < -0.4 is 4.74 Å². The minimum atomic E-state index is -0.131. The highest BCUT2D eigenvalue weighted by atomic mass is 32.1. The van der Waals surface area contributed by atoms with Gasteiger partial charge in [-0.1, -0.05) is 36.5 Å². The molecule has 3 heterocycles. The van der Waals surface area contributed by atoms with Gasteiger partial charge in [0, 0.05) is 25.1 Å². The van der Waals surface area contributed by atoms with E-state index in [1.807, 2.05) is 31.2 Å². The first-order chi connectivity index (χ1) is 12.7. The fourth-order valence-corrected chi connectivity index (χ4v) is 4.48. The highest BCUT2D eigenvalue weighted by Crippen LogP contribution is 2.42. The van der Waals surface area contributed by atoms with E-state index in [9.17, 15) is 5.11 Å². The van der Waals surface area contributed by atoms with Crippen LogP contribution in [0.3, 0.4) is 0 Å². The van der Waals surface area contributed by atoms with Gasteiger partial charge in [0.15, 0.2) is 5.82 Å². The van der Waals surface area contributed by atoms with Crippen LogP contribution in [-0.4, -0.2) is 58.0 Å². The summed E-state index contributed by atoms with van der Waals surface area (Å²) in [5.41, 5.74) is 1.02. The molecule has 4 rings (SSSR count). The lowest BCUT2D eigenvalue weighted by Crippen LogP contribution is -2.39. The second kappa shape index (κ2) is 7.22. The molecule has 0 saturated carbocycles. The normalized spacial score (nSPS) is 16.8. The second-order valence-corrected chi connectivity index (χ2v) is 7.17. The number of aryl methyl sites for hydroxylation is 1. The summed E-state index contributed by atoms with van der Waals surface area (Å²) in [6, 6.07) is 7.81. The Hall–Kier alpha value is -2.16. The number of nitrogens with zero attached hydrogens (tertiary/aromatic N) is 4. The molecule has 0 aliphatic carbocycles. The van der Waals surface area contributed by atoms with E-state index >= 15 is 0 Å². The Morgan fingerprint density at radius 1 is 1.31 bits per heavy atom. The molecule has 3 aromatic rings. The van der Waals surface area contributed by atoms with Crippen LogP contribution in [0.5, 0.6) is 11.6 Å². The molecule has 1 aliphatic rings. The molecule has 0 bridgehead atoms. The predicted octanol–water partition coefficient (Wildman–Crippen LogP) is 2.49. The molecule has 1 atom stereocenters. The van der Waals surface area contributed by atoms with Crippen molar-refractivity contribution >= 4 is 16.3 Å². The number of thiazole rings is 1. The molecular formula is C18H22N4O3S. The third-order valence-corrected chi connectivity index (χ3v) is 5.73. The smallest absolute Gasteiger partial charge is 0.230 e. The summed E-state index contributed by atoms with van der Waals surface area (Å²) in [5.74, 6) is 1.69. The zero-order valence-electron chi connectivity index (χ0n) is 14.9. The van der Waals surface area contributed by atoms with E-state index in [1.54, 1.807) is 11.6 Å². The van der Waals surface area contributed by atoms with E-state index in [0.29, 0.717) is 18.2 Å². The quantitative estimate of drug-likeness (QED) is 0.740. The standard InChI is InChI=1S/C18H22N4O3S/c1-3-14-19-18-22(20-14)17(23)16(26-18)15(21-8-10-25-11-9-21)12-6-4-5-7-13(12)24-2/h4-7,15,23H,3,8-11H2,1-2H3. The summed E-state index contributed by atoms with van der Waals surface area (Å²) in [6.45, 7) is 4.93. The van der Waals surface area contributed by atoms with Gasteiger partial charge in [-0.05, 0) is 6.07 Å². The zero-order chi connectivity index (χ0) is 18.1. The fraction of sp³-hybridized carbons (Fsp3) is 0.444. The van der Waals surface area contributed by atoms with Gasteiger partial charge in [-0.15, -0.1) is 5.10 Å². The van der Waals surface area contributed by atoms with Crippen LogP contribution in [0.1, 0.15) is 29.2 Å². The summed E-state index contributed by atoms with van der Waals surface area (Å²) >= 11 is 1.48. The van der Waals surface area contributed by atoms with Crippen LogP contribution in [0.25, 0.3) is 4.96 Å². The number of methoxy groups -OCH3 is 1. The van der Waals surface area contributed by atoms with E-state index in [4.69, 9.17) is 9.47 Å². The van der Waals surface area contributed by atoms with E-state index in [1.165, 1.54) is 11.3 Å². The monoisotopic (exact) mass is 374 g/mol. The van der Waals surface area contributed by atoms with Gasteiger partial charge in [-0.25, -0.2) is 4.98 Å². The molecule has 1 N–H and O–H groups in total. The highest BCUT2D eigenvalue weighted by molar-refractivity contribution is 7.17. The summed E-state index contributed by atoms with van der Waals surface area (Å²) in [4.78, 5) is 8.36. The van der Waals surface area contributed by atoms with Crippen molar-refractivity contribution in [2.45, 2.75) is 19.4 Å². The maximum absolute atomic E-state index is 10.9. The molecule has 1 unspecified atom stereocenters. The minimum absolute atomic E-state index is 0.131. The van der Waals surface area contributed by atoms with Crippen LogP contribution in [0.15, 0.2) is 24.3 Å². The lowest BCUT2D eigenvalue weighted by atomic mass is 10.0. The Labute approximate surface area is 155 Å². The topological polar surface area (TPSA) is 72.1 Å². The average Bonchev–Trinajstić information content (AvgIpc) is 3.23. The number of aromatic hydroxyl groups is 1. The first-order valence-electron chi connectivity index (χ1n) is 8.75. The van der Waals surface area contributed by atoms with Crippen molar-refractivity contribution in [1.82, 2.24) is 19.5 Å². The van der Waals surface area contributed by atoms with Crippen molar-refractivity contribution in [3.63, 3.8) is 0 Å². The van der Waals surface area contributed by atoms with Gasteiger partial charge >= 0.3 is 0 Å². The minimum Gasteiger partial charge on any atom is -0.496 e. The molecule has 26 heavy (non-hydrogen) atoms. The lowest BCUT2D eigenvalue weighted by Gasteiger charge is -2.34. The SMILES string of the molecule is CCc1nc2sc(C(c3ccccc3OC)N3CCOCC3)c(O)n2n1.